The highest BCUT2D eigenvalue weighted by Crippen LogP contribution is 2.55. The van der Waals surface area contributed by atoms with Crippen molar-refractivity contribution >= 4 is 7.12 Å². The summed E-state index contributed by atoms with van der Waals surface area (Å²) in [4.78, 5) is 0. The zero-order chi connectivity index (χ0) is 11.6. The van der Waals surface area contributed by atoms with Crippen LogP contribution < -0.4 is 0 Å². The van der Waals surface area contributed by atoms with Gasteiger partial charge < -0.3 is 9.31 Å². The largest absolute Gasteiger partial charge is 0.461 e. The Morgan fingerprint density at radius 2 is 1.56 bits per heavy atom. The van der Waals surface area contributed by atoms with Crippen LogP contribution in [0.25, 0.3) is 0 Å². The van der Waals surface area contributed by atoms with Gasteiger partial charge in [-0.1, -0.05) is 12.8 Å². The van der Waals surface area contributed by atoms with E-state index in [-0.39, 0.29) is 18.3 Å². The molecule has 0 radical (unpaired) electrons. The average molecular weight is 222 g/mol. The fraction of sp³-hybridized carbons (Fsp3) is 1.00. The van der Waals surface area contributed by atoms with Gasteiger partial charge in [0.2, 0.25) is 0 Å². The maximum atomic E-state index is 6.18. The van der Waals surface area contributed by atoms with E-state index < -0.39 is 0 Å². The molecule has 0 aromatic rings. The third-order valence-corrected chi connectivity index (χ3v) is 5.41. The van der Waals surface area contributed by atoms with Gasteiger partial charge in [0.15, 0.2) is 0 Å². The average Bonchev–Trinajstić information content (AvgIpc) is 2.79. The molecule has 0 aromatic carbocycles. The van der Waals surface area contributed by atoms with Crippen LogP contribution in [-0.2, 0) is 9.31 Å². The molecule has 2 nitrogen and oxygen atoms in total. The quantitative estimate of drug-likeness (QED) is 0.634. The summed E-state index contributed by atoms with van der Waals surface area (Å²) in [6.45, 7) is 8.61. The number of fused-ring (bicyclic) bond motifs is 2. The van der Waals surface area contributed by atoms with Gasteiger partial charge in [-0.05, 0) is 58.2 Å². The molecule has 16 heavy (non-hydrogen) atoms. The molecule has 3 rings (SSSR count). The molecule has 3 heteroatoms. The highest BCUT2D eigenvalue weighted by Gasteiger charge is 2.57. The Morgan fingerprint density at radius 3 is 2.00 bits per heavy atom. The standard InChI is InChI=1S/C13H23BO2/c1-12(2)13(3,4)16-14(15-12)11-8-9-5-6-10(11)7-9/h9-11H,5-8H2,1-4H3/t9?,10?,11-/m0/s1. The van der Waals surface area contributed by atoms with E-state index in [1.165, 1.54) is 25.7 Å². The lowest BCUT2D eigenvalue weighted by molar-refractivity contribution is 0.00578. The van der Waals surface area contributed by atoms with Crippen molar-refractivity contribution in [3.63, 3.8) is 0 Å². The zero-order valence-corrected chi connectivity index (χ0v) is 11.0. The smallest absolute Gasteiger partial charge is 0.403 e. The van der Waals surface area contributed by atoms with E-state index in [2.05, 4.69) is 27.7 Å². The highest BCUT2D eigenvalue weighted by molar-refractivity contribution is 6.47. The van der Waals surface area contributed by atoms with Crippen molar-refractivity contribution in [3.05, 3.63) is 0 Å². The molecule has 0 aromatic heterocycles. The van der Waals surface area contributed by atoms with E-state index in [9.17, 15) is 0 Å². The minimum Gasteiger partial charge on any atom is -0.403 e. The number of hydrogen-bond donors (Lipinski definition) is 0. The molecule has 0 amide bonds. The van der Waals surface area contributed by atoms with Crippen LogP contribution in [0, 0.1) is 11.8 Å². The molecule has 2 saturated carbocycles. The van der Waals surface area contributed by atoms with Gasteiger partial charge in [-0.15, -0.1) is 0 Å². The Bertz CT molecular complexity index is 284. The lowest BCUT2D eigenvalue weighted by atomic mass is 9.64. The van der Waals surface area contributed by atoms with Crippen LogP contribution >= 0.6 is 0 Å². The number of hydrogen-bond acceptors (Lipinski definition) is 2. The van der Waals surface area contributed by atoms with Crippen LogP contribution in [0.15, 0.2) is 0 Å². The van der Waals surface area contributed by atoms with E-state index in [4.69, 9.17) is 9.31 Å². The predicted molar refractivity (Wildman–Crippen MR) is 65.3 cm³/mol. The lowest BCUT2D eigenvalue weighted by Crippen LogP contribution is -2.41. The molecule has 0 spiro atoms. The zero-order valence-electron chi connectivity index (χ0n) is 11.0. The summed E-state index contributed by atoms with van der Waals surface area (Å²) in [7, 11) is 0.0558. The minimum atomic E-state index is -0.153. The van der Waals surface area contributed by atoms with Crippen LogP contribution in [0.5, 0.6) is 0 Å². The molecule has 3 atom stereocenters. The first-order valence-corrected chi connectivity index (χ1v) is 6.75. The molecule has 0 N–H and O–H groups in total. The van der Waals surface area contributed by atoms with Gasteiger partial charge in [0.25, 0.3) is 0 Å². The Morgan fingerprint density at radius 1 is 0.938 bits per heavy atom. The van der Waals surface area contributed by atoms with Crippen molar-refractivity contribution in [2.75, 3.05) is 0 Å². The summed E-state index contributed by atoms with van der Waals surface area (Å²) in [6, 6.07) is 0. The second kappa shape index (κ2) is 3.26. The topological polar surface area (TPSA) is 18.5 Å². The summed E-state index contributed by atoms with van der Waals surface area (Å²) in [5, 5.41) is 0. The predicted octanol–water partition coefficient (Wildman–Crippen LogP) is 3.27. The monoisotopic (exact) mass is 222 g/mol. The molecule has 2 bridgehead atoms. The van der Waals surface area contributed by atoms with E-state index in [1.807, 2.05) is 0 Å². The van der Waals surface area contributed by atoms with Crippen molar-refractivity contribution < 1.29 is 9.31 Å². The molecule has 1 saturated heterocycles. The van der Waals surface area contributed by atoms with Crippen molar-refractivity contribution in [1.29, 1.82) is 0 Å². The summed E-state index contributed by atoms with van der Waals surface area (Å²) in [6.07, 6.45) is 5.61. The molecule has 1 heterocycles. The molecule has 3 fully saturated rings. The Labute approximate surface area is 99.2 Å². The maximum absolute atomic E-state index is 6.18. The molecular formula is C13H23BO2. The van der Waals surface area contributed by atoms with Gasteiger partial charge in [0.05, 0.1) is 11.2 Å². The first-order chi connectivity index (χ1) is 7.39. The molecule has 2 aliphatic carbocycles. The third-order valence-electron chi connectivity index (χ3n) is 5.41. The van der Waals surface area contributed by atoms with Crippen LogP contribution in [-0.4, -0.2) is 18.3 Å². The molecule has 90 valence electrons. The van der Waals surface area contributed by atoms with Gasteiger partial charge in [-0.3, -0.25) is 0 Å². The van der Waals surface area contributed by atoms with Crippen molar-refractivity contribution in [3.8, 4) is 0 Å². The maximum Gasteiger partial charge on any atom is 0.461 e. The van der Waals surface area contributed by atoms with Crippen molar-refractivity contribution in [2.45, 2.75) is 70.4 Å². The fourth-order valence-electron chi connectivity index (χ4n) is 3.69. The van der Waals surface area contributed by atoms with Gasteiger partial charge in [-0.25, -0.2) is 0 Å². The second-order valence-corrected chi connectivity index (χ2v) is 6.96. The molecule has 3 aliphatic rings. The summed E-state index contributed by atoms with van der Waals surface area (Å²) in [5.74, 6) is 2.51. The van der Waals surface area contributed by atoms with Gasteiger partial charge in [-0.2, -0.15) is 0 Å². The SMILES string of the molecule is CC1(C)OB([C@H]2CC3CCC2C3)OC1(C)C. The molecule has 1 aliphatic heterocycles. The summed E-state index contributed by atoms with van der Waals surface area (Å²) >= 11 is 0. The van der Waals surface area contributed by atoms with E-state index in [0.29, 0.717) is 5.82 Å². The van der Waals surface area contributed by atoms with Gasteiger partial charge in [0, 0.05) is 0 Å². The number of rotatable bonds is 1. The van der Waals surface area contributed by atoms with E-state index in [1.54, 1.807) is 0 Å². The van der Waals surface area contributed by atoms with E-state index >= 15 is 0 Å². The summed E-state index contributed by atoms with van der Waals surface area (Å²) in [5.41, 5.74) is -0.307. The fourth-order valence-corrected chi connectivity index (χ4v) is 3.69. The summed E-state index contributed by atoms with van der Waals surface area (Å²) < 4.78 is 12.4. The Hall–Kier alpha value is -0.0151. The van der Waals surface area contributed by atoms with Gasteiger partial charge >= 0.3 is 7.12 Å². The van der Waals surface area contributed by atoms with Crippen LogP contribution in [0.3, 0.4) is 0 Å². The van der Waals surface area contributed by atoms with Crippen molar-refractivity contribution in [1.82, 2.24) is 0 Å². The molecular weight excluding hydrogens is 199 g/mol. The third kappa shape index (κ3) is 1.47. The first kappa shape index (κ1) is 11.1. The van der Waals surface area contributed by atoms with Crippen LogP contribution in [0.2, 0.25) is 5.82 Å². The second-order valence-electron chi connectivity index (χ2n) is 6.96. The normalized spacial score (nSPS) is 44.2. The van der Waals surface area contributed by atoms with Crippen LogP contribution in [0.4, 0.5) is 0 Å². The van der Waals surface area contributed by atoms with Gasteiger partial charge in [0.1, 0.15) is 0 Å². The highest BCUT2D eigenvalue weighted by atomic mass is 16.7. The minimum absolute atomic E-state index is 0.0558. The first-order valence-electron chi connectivity index (χ1n) is 6.75. The molecule has 2 unspecified atom stereocenters. The lowest BCUT2D eigenvalue weighted by Gasteiger charge is -2.32. The Balaban J connectivity index is 1.74. The van der Waals surface area contributed by atoms with Crippen LogP contribution in [0.1, 0.15) is 53.4 Å². The Kier molecular flexibility index (Phi) is 2.26. The van der Waals surface area contributed by atoms with E-state index in [0.717, 1.165) is 11.8 Å². The van der Waals surface area contributed by atoms with Crippen molar-refractivity contribution in [2.24, 2.45) is 11.8 Å².